The Morgan fingerprint density at radius 1 is 1.20 bits per heavy atom. The highest BCUT2D eigenvalue weighted by molar-refractivity contribution is 8.00. The third kappa shape index (κ3) is 6.58. The molecule has 0 unspecified atom stereocenters. The molecule has 2 aliphatic rings. The summed E-state index contributed by atoms with van der Waals surface area (Å²) in [6.07, 6.45) is -0.266. The summed E-state index contributed by atoms with van der Waals surface area (Å²) in [4.78, 5) is 31.6. The van der Waals surface area contributed by atoms with E-state index in [9.17, 15) is 22.8 Å². The second-order valence-electron chi connectivity index (χ2n) is 8.22. The predicted molar refractivity (Wildman–Crippen MR) is 120 cm³/mol. The Morgan fingerprint density at radius 3 is 2.57 bits per heavy atom. The molecular formula is C23H21F3N4O4S. The van der Waals surface area contributed by atoms with E-state index in [4.69, 9.17) is 14.8 Å². The topological polar surface area (TPSA) is 94.9 Å². The second-order valence-corrected chi connectivity index (χ2v) is 9.36. The Balaban J connectivity index is 1.26. The number of halogens is 3. The minimum Gasteiger partial charge on any atom is -0.441 e. The van der Waals surface area contributed by atoms with Gasteiger partial charge in [-0.15, -0.1) is 5.06 Å². The number of carbonyl (C=O) groups excluding carboxylic acids is 2. The summed E-state index contributed by atoms with van der Waals surface area (Å²) in [5.41, 5.74) is -3.52. The van der Waals surface area contributed by atoms with Gasteiger partial charge in [-0.1, -0.05) is 18.2 Å². The van der Waals surface area contributed by atoms with Gasteiger partial charge in [-0.3, -0.25) is 10.2 Å². The molecule has 2 saturated heterocycles. The number of carbonyl (C=O) groups is 2. The molecule has 12 heteroatoms. The molecule has 4 rings (SSSR count). The molecule has 2 heterocycles. The predicted octanol–water partition coefficient (Wildman–Crippen LogP) is 5.12. The van der Waals surface area contributed by atoms with Crippen molar-refractivity contribution in [3.05, 3.63) is 59.7 Å². The van der Waals surface area contributed by atoms with Crippen molar-refractivity contribution < 1.29 is 32.3 Å². The van der Waals surface area contributed by atoms with Crippen LogP contribution in [-0.2, 0) is 16.1 Å². The zero-order chi connectivity index (χ0) is 25.1. The van der Waals surface area contributed by atoms with Crippen molar-refractivity contribution in [2.75, 3.05) is 25.0 Å². The number of rotatable bonds is 5. The standard InChI is InChI=1S/C23H21F3N4O4S/c24-23(25,26)35-19-6-4-16(5-7-19)14-29-15-22(33-21(29)32)8-10-30(11-9-22)34-20(31)28-18-3-1-2-17(12-18)13-27/h1-7,12H,8-11,14-15H2,(H,28,31). The average molecular weight is 507 g/mol. The van der Waals surface area contributed by atoms with Gasteiger partial charge in [0.2, 0.25) is 0 Å². The number of hydrogen-bond acceptors (Lipinski definition) is 7. The van der Waals surface area contributed by atoms with E-state index in [-0.39, 0.29) is 23.2 Å². The smallest absolute Gasteiger partial charge is 0.441 e. The first-order valence-corrected chi connectivity index (χ1v) is 11.5. The molecule has 2 fully saturated rings. The molecule has 2 aromatic carbocycles. The lowest BCUT2D eigenvalue weighted by Gasteiger charge is -2.36. The van der Waals surface area contributed by atoms with Crippen LogP contribution in [0.1, 0.15) is 24.0 Å². The molecule has 2 aliphatic heterocycles. The Hall–Kier alpha value is -3.43. The van der Waals surface area contributed by atoms with Gasteiger partial charge in [0.25, 0.3) is 0 Å². The zero-order valence-electron chi connectivity index (χ0n) is 18.4. The quantitative estimate of drug-likeness (QED) is 0.563. The second kappa shape index (κ2) is 10.1. The van der Waals surface area contributed by atoms with Crippen LogP contribution in [0.3, 0.4) is 0 Å². The van der Waals surface area contributed by atoms with E-state index in [1.165, 1.54) is 28.2 Å². The molecule has 8 nitrogen and oxygen atoms in total. The molecule has 0 saturated carbocycles. The molecule has 184 valence electrons. The fourth-order valence-electron chi connectivity index (χ4n) is 4.00. The third-order valence-electron chi connectivity index (χ3n) is 5.66. The number of ether oxygens (including phenoxy) is 1. The number of hydrogen-bond donors (Lipinski definition) is 1. The van der Waals surface area contributed by atoms with Gasteiger partial charge in [-0.2, -0.15) is 18.4 Å². The van der Waals surface area contributed by atoms with Gasteiger partial charge < -0.3 is 9.57 Å². The molecule has 0 bridgehead atoms. The minimum absolute atomic E-state index is 0.0795. The molecular weight excluding hydrogens is 485 g/mol. The highest BCUT2D eigenvalue weighted by Crippen LogP contribution is 2.37. The number of thioether (sulfide) groups is 1. The maximum atomic E-state index is 12.5. The number of anilines is 1. The van der Waals surface area contributed by atoms with E-state index in [1.807, 2.05) is 6.07 Å². The van der Waals surface area contributed by atoms with Crippen molar-refractivity contribution in [1.82, 2.24) is 9.96 Å². The van der Waals surface area contributed by atoms with Crippen LogP contribution >= 0.6 is 11.8 Å². The number of piperidine rings is 1. The summed E-state index contributed by atoms with van der Waals surface area (Å²) >= 11 is -0.187. The SMILES string of the molecule is N#Cc1cccc(NC(=O)ON2CCC3(CC2)CN(Cc2ccc(SC(F)(F)F)cc2)C(=O)O3)c1. The summed E-state index contributed by atoms with van der Waals surface area (Å²) in [5, 5.41) is 13.0. The molecule has 0 atom stereocenters. The maximum absolute atomic E-state index is 12.5. The van der Waals surface area contributed by atoms with Gasteiger partial charge in [0, 0.05) is 43.1 Å². The normalized spacial score (nSPS) is 17.7. The highest BCUT2D eigenvalue weighted by atomic mass is 32.2. The fourth-order valence-corrected chi connectivity index (χ4v) is 4.54. The summed E-state index contributed by atoms with van der Waals surface area (Å²) < 4.78 is 43.1. The number of nitriles is 1. The van der Waals surface area contributed by atoms with Crippen molar-refractivity contribution >= 4 is 29.6 Å². The lowest BCUT2D eigenvalue weighted by atomic mass is 9.92. The number of nitrogens with zero attached hydrogens (tertiary/aromatic N) is 3. The monoisotopic (exact) mass is 506 g/mol. The van der Waals surface area contributed by atoms with Crippen LogP contribution in [0.4, 0.5) is 28.4 Å². The van der Waals surface area contributed by atoms with Crippen molar-refractivity contribution in [2.45, 2.75) is 35.4 Å². The van der Waals surface area contributed by atoms with Crippen LogP contribution in [0.25, 0.3) is 0 Å². The Morgan fingerprint density at radius 2 is 1.91 bits per heavy atom. The number of hydroxylamine groups is 2. The summed E-state index contributed by atoms with van der Waals surface area (Å²) in [6, 6.07) is 14.3. The van der Waals surface area contributed by atoms with Crippen LogP contribution in [0.5, 0.6) is 0 Å². The molecule has 2 aromatic rings. The van der Waals surface area contributed by atoms with E-state index in [1.54, 1.807) is 30.3 Å². The van der Waals surface area contributed by atoms with Gasteiger partial charge in [0.15, 0.2) is 0 Å². The van der Waals surface area contributed by atoms with Gasteiger partial charge in [0.05, 0.1) is 18.2 Å². The number of nitrogens with one attached hydrogen (secondary N) is 1. The van der Waals surface area contributed by atoms with Crippen molar-refractivity contribution in [3.8, 4) is 6.07 Å². The van der Waals surface area contributed by atoms with Crippen molar-refractivity contribution in [3.63, 3.8) is 0 Å². The van der Waals surface area contributed by atoms with Crippen molar-refractivity contribution in [2.24, 2.45) is 0 Å². The molecule has 35 heavy (non-hydrogen) atoms. The number of benzene rings is 2. The summed E-state index contributed by atoms with van der Waals surface area (Å²) in [7, 11) is 0. The van der Waals surface area contributed by atoms with E-state index in [0.29, 0.717) is 49.3 Å². The van der Waals surface area contributed by atoms with E-state index >= 15 is 0 Å². The van der Waals surface area contributed by atoms with Gasteiger partial charge in [0.1, 0.15) is 5.60 Å². The molecule has 0 aromatic heterocycles. The minimum atomic E-state index is -4.35. The van der Waals surface area contributed by atoms with E-state index in [2.05, 4.69) is 5.32 Å². The van der Waals surface area contributed by atoms with E-state index < -0.39 is 23.3 Å². The molecule has 0 aliphatic carbocycles. The van der Waals surface area contributed by atoms with Crippen LogP contribution in [0, 0.1) is 11.3 Å². The first-order valence-electron chi connectivity index (χ1n) is 10.7. The van der Waals surface area contributed by atoms with Gasteiger partial charge in [-0.05, 0) is 47.7 Å². The van der Waals surface area contributed by atoms with Crippen LogP contribution < -0.4 is 5.32 Å². The number of amides is 2. The lowest BCUT2D eigenvalue weighted by molar-refractivity contribution is -0.138. The first-order chi connectivity index (χ1) is 16.6. The van der Waals surface area contributed by atoms with E-state index in [0.717, 1.165) is 0 Å². The lowest BCUT2D eigenvalue weighted by Crippen LogP contribution is -2.47. The zero-order valence-corrected chi connectivity index (χ0v) is 19.2. The molecule has 1 spiro atoms. The van der Waals surface area contributed by atoms with Crippen LogP contribution in [0.2, 0.25) is 0 Å². The first kappa shape index (κ1) is 24.7. The maximum Gasteiger partial charge on any atom is 0.446 e. The van der Waals surface area contributed by atoms with Crippen molar-refractivity contribution in [1.29, 1.82) is 5.26 Å². The average Bonchev–Trinajstić information content (AvgIpc) is 3.10. The third-order valence-corrected chi connectivity index (χ3v) is 6.39. The highest BCUT2D eigenvalue weighted by Gasteiger charge is 2.47. The molecule has 0 radical (unpaired) electrons. The van der Waals surface area contributed by atoms with Gasteiger partial charge in [-0.25, -0.2) is 9.59 Å². The molecule has 1 N–H and O–H groups in total. The summed E-state index contributed by atoms with van der Waals surface area (Å²) in [6.45, 7) is 1.28. The largest absolute Gasteiger partial charge is 0.446 e. The molecule has 2 amide bonds. The van der Waals surface area contributed by atoms with Crippen LogP contribution in [-0.4, -0.2) is 52.9 Å². The van der Waals surface area contributed by atoms with Gasteiger partial charge >= 0.3 is 17.7 Å². The number of alkyl halides is 3. The Kier molecular flexibility index (Phi) is 7.09. The fraction of sp³-hybridized carbons (Fsp3) is 0.348. The Labute approximate surface area is 203 Å². The van der Waals surface area contributed by atoms with Crippen LogP contribution in [0.15, 0.2) is 53.4 Å². The Bertz CT molecular complexity index is 1130. The summed E-state index contributed by atoms with van der Waals surface area (Å²) in [5.74, 6) is 0.